The Kier molecular flexibility index (Phi) is 5.49. The van der Waals surface area contributed by atoms with Gasteiger partial charge >= 0.3 is 0 Å². The van der Waals surface area contributed by atoms with Crippen molar-refractivity contribution in [3.05, 3.63) is 114 Å². The lowest BCUT2D eigenvalue weighted by Gasteiger charge is -2.31. The molecule has 3 aromatic carbocycles. The molecule has 2 heterocycles. The predicted octanol–water partition coefficient (Wildman–Crippen LogP) is 4.04. The number of aromatic nitrogens is 1. The van der Waals surface area contributed by atoms with Gasteiger partial charge in [-0.25, -0.2) is 4.99 Å². The maximum atomic E-state index is 13.9. The van der Waals surface area contributed by atoms with E-state index in [0.717, 1.165) is 41.0 Å². The summed E-state index contributed by atoms with van der Waals surface area (Å²) in [6, 6.07) is 21.1. The van der Waals surface area contributed by atoms with Crippen molar-refractivity contribution in [3.63, 3.8) is 0 Å². The minimum Gasteiger partial charge on any atom is -0.504 e. The summed E-state index contributed by atoms with van der Waals surface area (Å²) < 4.78 is 13.2. The molecule has 1 aromatic heterocycles. The Morgan fingerprint density at radius 2 is 1.72 bits per heavy atom. The largest absolute Gasteiger partial charge is 0.504 e. The topological polar surface area (TPSA) is 73.1 Å². The van der Waals surface area contributed by atoms with Gasteiger partial charge in [0.1, 0.15) is 5.75 Å². The molecule has 7 heteroatoms. The second-order valence-corrected chi connectivity index (χ2v) is 9.76. The molecule has 0 radical (unpaired) electrons. The number of methoxy groups -OCH3 is 2. The first kappa shape index (κ1) is 22.4. The molecule has 0 amide bonds. The fraction of sp³-hybridized carbons (Fsp3) is 0.172. The Labute approximate surface area is 211 Å². The third kappa shape index (κ3) is 3.46. The number of ether oxygens (including phenoxy) is 2. The molecule has 0 saturated carbocycles. The van der Waals surface area contributed by atoms with Crippen LogP contribution in [0.15, 0.2) is 82.1 Å². The van der Waals surface area contributed by atoms with Crippen molar-refractivity contribution in [2.45, 2.75) is 18.9 Å². The SMILES string of the molecule is COc1ccccc1C1C2=C(N=c3s/c(=C\c4cccc(OC)c4O)c(=O)n31)c1ccccc1CC2. The highest BCUT2D eigenvalue weighted by Crippen LogP contribution is 2.43. The summed E-state index contributed by atoms with van der Waals surface area (Å²) in [5.74, 6) is 1.09. The van der Waals surface area contributed by atoms with E-state index in [1.807, 2.05) is 30.3 Å². The van der Waals surface area contributed by atoms with E-state index in [1.165, 1.54) is 24.0 Å². The number of aromatic hydroxyl groups is 1. The number of fused-ring (bicyclic) bond motifs is 3. The number of nitrogens with zero attached hydrogens (tertiary/aromatic N) is 2. The van der Waals surface area contributed by atoms with Gasteiger partial charge < -0.3 is 14.6 Å². The Morgan fingerprint density at radius 1 is 0.972 bits per heavy atom. The lowest BCUT2D eigenvalue weighted by molar-refractivity contribution is 0.373. The highest BCUT2D eigenvalue weighted by atomic mass is 32.1. The van der Waals surface area contributed by atoms with Gasteiger partial charge in [-0.15, -0.1) is 0 Å². The highest BCUT2D eigenvalue weighted by molar-refractivity contribution is 7.07. The van der Waals surface area contributed by atoms with Crippen LogP contribution in [0.25, 0.3) is 11.8 Å². The van der Waals surface area contributed by atoms with Gasteiger partial charge in [-0.2, -0.15) is 0 Å². The standard InChI is InChI=1S/C29H24N2O4S/c1-34-22-12-6-5-11-20(22)26-21-15-14-17-8-3-4-10-19(17)25(21)30-29-31(26)28(33)24(36-29)16-18-9-7-13-23(35-2)27(18)32/h3-13,16,26,32H,14-15H2,1-2H3/b24-16-. The van der Waals surface area contributed by atoms with Crippen molar-refractivity contribution in [2.24, 2.45) is 4.99 Å². The lowest BCUT2D eigenvalue weighted by Crippen LogP contribution is -2.39. The van der Waals surface area contributed by atoms with Crippen LogP contribution in [-0.2, 0) is 6.42 Å². The number of aryl methyl sites for hydroxylation is 1. The van der Waals surface area contributed by atoms with Gasteiger partial charge in [-0.05, 0) is 42.2 Å². The Balaban J connectivity index is 1.64. The number of thiazole rings is 1. The smallest absolute Gasteiger partial charge is 0.271 e. The minimum absolute atomic E-state index is 0.000311. The molecule has 1 aliphatic carbocycles. The van der Waals surface area contributed by atoms with Crippen LogP contribution >= 0.6 is 11.3 Å². The lowest BCUT2D eigenvalue weighted by atomic mass is 9.83. The van der Waals surface area contributed by atoms with Crippen LogP contribution in [-0.4, -0.2) is 23.9 Å². The molecule has 2 aliphatic rings. The van der Waals surface area contributed by atoms with Crippen LogP contribution in [0.1, 0.15) is 34.7 Å². The van der Waals surface area contributed by atoms with E-state index in [4.69, 9.17) is 14.5 Å². The Morgan fingerprint density at radius 3 is 2.56 bits per heavy atom. The van der Waals surface area contributed by atoms with Gasteiger partial charge in [0.2, 0.25) is 0 Å². The van der Waals surface area contributed by atoms with Crippen molar-refractivity contribution in [3.8, 4) is 17.2 Å². The van der Waals surface area contributed by atoms with Gasteiger partial charge in [0.25, 0.3) is 5.56 Å². The molecule has 0 fully saturated rings. The summed E-state index contributed by atoms with van der Waals surface area (Å²) in [5, 5.41) is 10.6. The average Bonchev–Trinajstić information content (AvgIpc) is 3.23. The number of hydrogen-bond donors (Lipinski definition) is 1. The molecular formula is C29H24N2O4S. The normalized spacial score (nSPS) is 16.6. The maximum Gasteiger partial charge on any atom is 0.271 e. The molecule has 1 aliphatic heterocycles. The summed E-state index contributed by atoms with van der Waals surface area (Å²) in [6.45, 7) is 0. The fourth-order valence-corrected chi connectivity index (χ4v) is 6.14. The van der Waals surface area contributed by atoms with Crippen molar-refractivity contribution in [1.82, 2.24) is 4.57 Å². The molecule has 4 aromatic rings. The Hall–Kier alpha value is -4.10. The van der Waals surface area contributed by atoms with Gasteiger partial charge in [0.05, 0.1) is 30.5 Å². The van der Waals surface area contributed by atoms with Crippen molar-refractivity contribution in [1.29, 1.82) is 0 Å². The highest BCUT2D eigenvalue weighted by Gasteiger charge is 2.34. The van der Waals surface area contributed by atoms with E-state index < -0.39 is 0 Å². The van der Waals surface area contributed by atoms with Crippen LogP contribution in [0.3, 0.4) is 0 Å². The zero-order valence-corrected chi connectivity index (χ0v) is 20.7. The van der Waals surface area contributed by atoms with Crippen molar-refractivity contribution < 1.29 is 14.6 Å². The third-order valence-corrected chi connectivity index (χ3v) is 7.83. The van der Waals surface area contributed by atoms with E-state index in [9.17, 15) is 9.90 Å². The minimum atomic E-state index is -0.332. The molecule has 180 valence electrons. The first-order chi connectivity index (χ1) is 17.6. The first-order valence-corrected chi connectivity index (χ1v) is 12.5. The van der Waals surface area contributed by atoms with Crippen LogP contribution in [0.2, 0.25) is 0 Å². The zero-order chi connectivity index (χ0) is 24.8. The van der Waals surface area contributed by atoms with Gasteiger partial charge in [-0.3, -0.25) is 9.36 Å². The average molecular weight is 497 g/mol. The van der Waals surface area contributed by atoms with Gasteiger partial charge in [-0.1, -0.05) is 65.9 Å². The summed E-state index contributed by atoms with van der Waals surface area (Å²) in [6.07, 6.45) is 3.40. The van der Waals surface area contributed by atoms with Crippen LogP contribution < -0.4 is 24.4 Å². The molecule has 0 saturated heterocycles. The summed E-state index contributed by atoms with van der Waals surface area (Å²) in [7, 11) is 3.15. The summed E-state index contributed by atoms with van der Waals surface area (Å²) in [5.41, 5.74) is 5.72. The second kappa shape index (κ2) is 8.84. The van der Waals surface area contributed by atoms with E-state index in [-0.39, 0.29) is 17.4 Å². The third-order valence-electron chi connectivity index (χ3n) is 6.84. The second-order valence-electron chi connectivity index (χ2n) is 8.75. The van der Waals surface area contributed by atoms with Gasteiger partial charge in [0.15, 0.2) is 16.3 Å². The van der Waals surface area contributed by atoms with Crippen molar-refractivity contribution in [2.75, 3.05) is 14.2 Å². The number of benzene rings is 3. The first-order valence-electron chi connectivity index (χ1n) is 11.7. The molecule has 36 heavy (non-hydrogen) atoms. The number of allylic oxidation sites excluding steroid dienone is 1. The molecule has 1 atom stereocenters. The monoisotopic (exact) mass is 496 g/mol. The number of rotatable bonds is 4. The summed E-state index contributed by atoms with van der Waals surface area (Å²) in [4.78, 5) is 19.6. The number of phenols is 1. The molecular weight excluding hydrogens is 472 g/mol. The molecule has 6 rings (SSSR count). The van der Waals surface area contributed by atoms with Crippen LogP contribution in [0.5, 0.6) is 17.2 Å². The van der Waals surface area contributed by atoms with Crippen molar-refractivity contribution >= 4 is 23.1 Å². The van der Waals surface area contributed by atoms with E-state index in [0.29, 0.717) is 20.6 Å². The predicted molar refractivity (Wildman–Crippen MR) is 140 cm³/mol. The van der Waals surface area contributed by atoms with Crippen LogP contribution in [0.4, 0.5) is 0 Å². The number of para-hydroxylation sites is 2. The van der Waals surface area contributed by atoms with E-state index >= 15 is 0 Å². The maximum absolute atomic E-state index is 13.9. The van der Waals surface area contributed by atoms with Gasteiger partial charge in [0, 0.05) is 16.7 Å². The molecule has 1 N–H and O–H groups in total. The summed E-state index contributed by atoms with van der Waals surface area (Å²) >= 11 is 1.32. The Bertz CT molecular complexity index is 1710. The molecule has 0 spiro atoms. The van der Waals surface area contributed by atoms with E-state index in [1.54, 1.807) is 36.0 Å². The fourth-order valence-electron chi connectivity index (χ4n) is 5.15. The number of hydrogen-bond acceptors (Lipinski definition) is 6. The molecule has 6 nitrogen and oxygen atoms in total. The number of phenolic OH excluding ortho intramolecular Hbond substituents is 1. The molecule has 1 unspecified atom stereocenters. The zero-order valence-electron chi connectivity index (χ0n) is 19.9. The quantitative estimate of drug-likeness (QED) is 0.463. The van der Waals surface area contributed by atoms with Crippen LogP contribution in [0, 0.1) is 0 Å². The van der Waals surface area contributed by atoms with E-state index in [2.05, 4.69) is 18.2 Å². The molecule has 0 bridgehead atoms.